The molecule has 0 aliphatic rings. The number of methoxy groups -OCH3 is 2. The number of nitrogens with zero attached hydrogens (tertiary/aromatic N) is 1. The molecule has 0 saturated heterocycles. The molecule has 6 nitrogen and oxygen atoms in total. The van der Waals surface area contributed by atoms with Gasteiger partial charge in [-0.3, -0.25) is 4.79 Å². The molecule has 0 aliphatic carbocycles. The summed E-state index contributed by atoms with van der Waals surface area (Å²) < 4.78 is 16.2. The lowest BCUT2D eigenvalue weighted by molar-refractivity contribution is -0.115. The topological polar surface area (TPSA) is 73.6 Å². The Morgan fingerprint density at radius 3 is 2.00 bits per heavy atom. The van der Waals surface area contributed by atoms with Crippen molar-refractivity contribution in [3.8, 4) is 33.9 Å². The molecule has 0 bridgehead atoms. The highest BCUT2D eigenvalue weighted by Crippen LogP contribution is 2.36. The normalized spacial score (nSPS) is 10.5. The van der Waals surface area contributed by atoms with Crippen LogP contribution >= 0.6 is 0 Å². The first-order chi connectivity index (χ1) is 15.2. The number of carbonyl (C=O) groups is 1. The predicted molar refractivity (Wildman–Crippen MR) is 119 cm³/mol. The first-order valence-corrected chi connectivity index (χ1v) is 9.80. The molecule has 3 aromatic carbocycles. The molecule has 0 atom stereocenters. The minimum Gasteiger partial charge on any atom is -0.497 e. The van der Waals surface area contributed by atoms with E-state index in [1.807, 2.05) is 78.9 Å². The molecule has 6 heteroatoms. The number of rotatable bonds is 7. The number of anilines is 1. The maximum atomic E-state index is 12.7. The van der Waals surface area contributed by atoms with Crippen molar-refractivity contribution < 1.29 is 18.8 Å². The van der Waals surface area contributed by atoms with E-state index in [2.05, 4.69) is 10.5 Å². The minimum absolute atomic E-state index is 0.0550. The lowest BCUT2D eigenvalue weighted by Crippen LogP contribution is -2.14. The van der Waals surface area contributed by atoms with Gasteiger partial charge in [0.25, 0.3) is 0 Å². The number of benzene rings is 3. The summed E-state index contributed by atoms with van der Waals surface area (Å²) in [5.41, 5.74) is 3.92. The first-order valence-electron chi connectivity index (χ1n) is 9.80. The maximum Gasteiger partial charge on any atom is 0.232 e. The number of hydrogen-bond acceptors (Lipinski definition) is 5. The van der Waals surface area contributed by atoms with Gasteiger partial charge in [0.2, 0.25) is 5.91 Å². The summed E-state index contributed by atoms with van der Waals surface area (Å²) in [5, 5.41) is 7.18. The summed E-state index contributed by atoms with van der Waals surface area (Å²) in [4.78, 5) is 12.7. The Kier molecular flexibility index (Phi) is 5.98. The highest BCUT2D eigenvalue weighted by Gasteiger charge is 2.22. The van der Waals surface area contributed by atoms with Crippen molar-refractivity contribution in [3.05, 3.63) is 84.6 Å². The van der Waals surface area contributed by atoms with Crippen LogP contribution in [0.15, 0.2) is 83.4 Å². The Bertz CT molecular complexity index is 1150. The predicted octanol–water partition coefficient (Wildman–Crippen LogP) is 5.21. The molecule has 0 fully saturated rings. The second-order valence-electron chi connectivity index (χ2n) is 6.88. The van der Waals surface area contributed by atoms with E-state index in [9.17, 15) is 4.79 Å². The summed E-state index contributed by atoms with van der Waals surface area (Å²) in [6.07, 6.45) is 0.0550. The van der Waals surface area contributed by atoms with Gasteiger partial charge < -0.3 is 19.3 Å². The lowest BCUT2D eigenvalue weighted by atomic mass is 9.98. The highest BCUT2D eigenvalue weighted by molar-refractivity contribution is 5.94. The van der Waals surface area contributed by atoms with E-state index in [0.29, 0.717) is 11.5 Å². The van der Waals surface area contributed by atoms with Gasteiger partial charge >= 0.3 is 0 Å². The first kappa shape index (κ1) is 20.2. The molecular formula is C25H22N2O4. The summed E-state index contributed by atoms with van der Waals surface area (Å²) in [7, 11) is 3.24. The molecular weight excluding hydrogens is 392 g/mol. The fourth-order valence-corrected chi connectivity index (χ4v) is 3.32. The van der Waals surface area contributed by atoms with Gasteiger partial charge in [0.15, 0.2) is 5.76 Å². The van der Waals surface area contributed by atoms with Crippen LogP contribution in [0.25, 0.3) is 22.4 Å². The molecule has 0 saturated carbocycles. The number of para-hydroxylation sites is 1. The van der Waals surface area contributed by atoms with Crippen LogP contribution < -0.4 is 14.8 Å². The smallest absolute Gasteiger partial charge is 0.232 e. The summed E-state index contributed by atoms with van der Waals surface area (Å²) in [6, 6.07) is 24.5. The minimum atomic E-state index is -0.182. The van der Waals surface area contributed by atoms with Gasteiger partial charge in [-0.15, -0.1) is 0 Å². The molecule has 1 aromatic heterocycles. The molecule has 4 aromatic rings. The second-order valence-corrected chi connectivity index (χ2v) is 6.88. The van der Waals surface area contributed by atoms with Crippen molar-refractivity contribution in [3.63, 3.8) is 0 Å². The van der Waals surface area contributed by atoms with Crippen molar-refractivity contribution in [2.24, 2.45) is 0 Å². The van der Waals surface area contributed by atoms with Crippen LogP contribution in [0.3, 0.4) is 0 Å². The SMILES string of the molecule is COc1ccc(-c2noc(CC(=O)Nc3ccccc3)c2-c2ccc(OC)cc2)cc1. The van der Waals surface area contributed by atoms with E-state index in [-0.39, 0.29) is 12.3 Å². The fraction of sp³-hybridized carbons (Fsp3) is 0.120. The van der Waals surface area contributed by atoms with Crippen molar-refractivity contribution in [1.82, 2.24) is 5.16 Å². The largest absolute Gasteiger partial charge is 0.497 e. The van der Waals surface area contributed by atoms with Crippen LogP contribution in [0.2, 0.25) is 0 Å². The van der Waals surface area contributed by atoms with Crippen molar-refractivity contribution >= 4 is 11.6 Å². The Morgan fingerprint density at radius 2 is 1.42 bits per heavy atom. The maximum absolute atomic E-state index is 12.7. The molecule has 0 spiro atoms. The molecule has 156 valence electrons. The Hall–Kier alpha value is -4.06. The van der Waals surface area contributed by atoms with Crippen LogP contribution in [0.1, 0.15) is 5.76 Å². The zero-order chi connectivity index (χ0) is 21.6. The standard InChI is InChI=1S/C25H22N2O4/c1-29-20-12-8-17(9-13-20)24-22(16-23(28)26-19-6-4-3-5-7-19)31-27-25(24)18-10-14-21(30-2)15-11-18/h3-15H,16H2,1-2H3,(H,26,28). The second kappa shape index (κ2) is 9.17. The van der Waals surface area contributed by atoms with Gasteiger partial charge in [0.1, 0.15) is 17.2 Å². The van der Waals surface area contributed by atoms with Crippen LogP contribution in [-0.4, -0.2) is 25.3 Å². The van der Waals surface area contributed by atoms with E-state index >= 15 is 0 Å². The number of amides is 1. The molecule has 1 amide bonds. The van der Waals surface area contributed by atoms with E-state index in [4.69, 9.17) is 14.0 Å². The molecule has 4 rings (SSSR count). The average molecular weight is 414 g/mol. The highest BCUT2D eigenvalue weighted by atomic mass is 16.5. The molecule has 0 unspecified atom stereocenters. The zero-order valence-electron chi connectivity index (χ0n) is 17.3. The van der Waals surface area contributed by atoms with Gasteiger partial charge in [0.05, 0.1) is 26.2 Å². The van der Waals surface area contributed by atoms with E-state index in [1.54, 1.807) is 14.2 Å². The molecule has 0 aliphatic heterocycles. The Balaban J connectivity index is 1.70. The van der Waals surface area contributed by atoms with E-state index in [1.165, 1.54) is 0 Å². The number of carbonyl (C=O) groups excluding carboxylic acids is 1. The molecule has 1 heterocycles. The van der Waals surface area contributed by atoms with Crippen LogP contribution in [-0.2, 0) is 11.2 Å². The molecule has 0 radical (unpaired) electrons. The van der Waals surface area contributed by atoms with Crippen molar-refractivity contribution in [2.75, 3.05) is 19.5 Å². The van der Waals surface area contributed by atoms with Gasteiger partial charge in [-0.05, 0) is 54.1 Å². The van der Waals surface area contributed by atoms with Gasteiger partial charge in [-0.1, -0.05) is 35.5 Å². The van der Waals surface area contributed by atoms with Crippen molar-refractivity contribution in [2.45, 2.75) is 6.42 Å². The summed E-state index contributed by atoms with van der Waals surface area (Å²) >= 11 is 0. The third kappa shape index (κ3) is 4.59. The number of nitrogens with one attached hydrogen (secondary N) is 1. The number of aromatic nitrogens is 1. The fourth-order valence-electron chi connectivity index (χ4n) is 3.32. The summed E-state index contributed by atoms with van der Waals surface area (Å²) in [5.74, 6) is 1.80. The van der Waals surface area contributed by atoms with Crippen LogP contribution in [0.4, 0.5) is 5.69 Å². The quantitative estimate of drug-likeness (QED) is 0.450. The number of hydrogen-bond donors (Lipinski definition) is 1. The van der Waals surface area contributed by atoms with Crippen molar-refractivity contribution in [1.29, 1.82) is 0 Å². The molecule has 1 N–H and O–H groups in total. The molecule has 31 heavy (non-hydrogen) atoms. The van der Waals surface area contributed by atoms with E-state index in [0.717, 1.165) is 33.9 Å². The van der Waals surface area contributed by atoms with Gasteiger partial charge in [-0.2, -0.15) is 0 Å². The third-order valence-corrected chi connectivity index (χ3v) is 4.88. The van der Waals surface area contributed by atoms with Gasteiger partial charge in [0, 0.05) is 11.3 Å². The Labute approximate surface area is 180 Å². The monoisotopic (exact) mass is 414 g/mol. The lowest BCUT2D eigenvalue weighted by Gasteiger charge is -2.08. The van der Waals surface area contributed by atoms with E-state index < -0.39 is 0 Å². The summed E-state index contributed by atoms with van der Waals surface area (Å²) in [6.45, 7) is 0. The van der Waals surface area contributed by atoms with Crippen LogP contribution in [0, 0.1) is 0 Å². The Morgan fingerprint density at radius 1 is 0.839 bits per heavy atom. The number of ether oxygens (including phenoxy) is 2. The van der Waals surface area contributed by atoms with Crippen LogP contribution in [0.5, 0.6) is 11.5 Å². The zero-order valence-corrected chi connectivity index (χ0v) is 17.3. The third-order valence-electron chi connectivity index (χ3n) is 4.88. The average Bonchev–Trinajstić information content (AvgIpc) is 3.23. The van der Waals surface area contributed by atoms with Gasteiger partial charge in [-0.25, -0.2) is 0 Å².